The van der Waals surface area contributed by atoms with E-state index in [0.717, 1.165) is 0 Å². The summed E-state index contributed by atoms with van der Waals surface area (Å²) in [6, 6.07) is 13.2. The number of phosphoric acid groups is 1. The summed E-state index contributed by atoms with van der Waals surface area (Å²) < 4.78 is 33.5. The minimum atomic E-state index is -4.57. The van der Waals surface area contributed by atoms with E-state index >= 15 is 0 Å². The molecule has 9 heteroatoms. The van der Waals surface area contributed by atoms with Gasteiger partial charge in [0.15, 0.2) is 0 Å². The van der Waals surface area contributed by atoms with E-state index in [0.29, 0.717) is 11.1 Å². The van der Waals surface area contributed by atoms with Gasteiger partial charge in [-0.05, 0) is 37.1 Å². The molecule has 0 aromatic heterocycles. The van der Waals surface area contributed by atoms with Crippen LogP contribution < -0.4 is 9.05 Å². The molecule has 0 aliphatic rings. The van der Waals surface area contributed by atoms with Gasteiger partial charge in [0, 0.05) is 24.0 Å². The Morgan fingerprint density at radius 1 is 0.788 bits per heavy atom. The minimum absolute atomic E-state index is 0.0500. The first-order valence-corrected chi connectivity index (χ1v) is 11.6. The fraction of sp³-hybridized carbons (Fsp3) is 0.250. The normalized spacial score (nSPS) is 10.8. The van der Waals surface area contributed by atoms with E-state index in [1.54, 1.807) is 50.2 Å². The van der Waals surface area contributed by atoms with Crippen molar-refractivity contribution in [2.45, 2.75) is 26.7 Å². The molecule has 0 fully saturated rings. The highest BCUT2D eigenvalue weighted by molar-refractivity contribution is 7.48. The zero-order valence-electron chi connectivity index (χ0n) is 18.6. The molecule has 2 rings (SSSR count). The van der Waals surface area contributed by atoms with E-state index in [1.165, 1.54) is 12.1 Å². The number of esters is 2. The highest BCUT2D eigenvalue weighted by Gasteiger charge is 2.27. The highest BCUT2D eigenvalue weighted by Crippen LogP contribution is 2.46. The van der Waals surface area contributed by atoms with Crippen LogP contribution in [-0.2, 0) is 36.5 Å². The van der Waals surface area contributed by atoms with Gasteiger partial charge < -0.3 is 18.5 Å². The molecule has 0 aliphatic carbocycles. The second-order valence-corrected chi connectivity index (χ2v) is 8.50. The maximum absolute atomic E-state index is 12.7. The molecule has 0 radical (unpaired) electrons. The molecule has 0 aliphatic heterocycles. The molecule has 2 aromatic rings. The number of hydrogen-bond donors (Lipinski definition) is 1. The Balaban J connectivity index is 2.05. The first kappa shape index (κ1) is 25.9. The maximum atomic E-state index is 12.7. The number of rotatable bonds is 12. The molecule has 33 heavy (non-hydrogen) atoms. The van der Waals surface area contributed by atoms with E-state index in [9.17, 15) is 19.0 Å². The van der Waals surface area contributed by atoms with Crippen LogP contribution in [-0.4, -0.2) is 30.0 Å². The first-order valence-electron chi connectivity index (χ1n) is 10.1. The fourth-order valence-corrected chi connectivity index (χ4v) is 3.51. The first-order chi connectivity index (χ1) is 15.6. The average molecular weight is 474 g/mol. The Bertz CT molecular complexity index is 994. The summed E-state index contributed by atoms with van der Waals surface area (Å²) >= 11 is 0. The van der Waals surface area contributed by atoms with Gasteiger partial charge in [-0.1, -0.05) is 49.6 Å². The second kappa shape index (κ2) is 12.0. The van der Waals surface area contributed by atoms with Crippen molar-refractivity contribution >= 4 is 19.8 Å². The van der Waals surface area contributed by atoms with Gasteiger partial charge in [-0.25, -0.2) is 14.2 Å². The summed E-state index contributed by atoms with van der Waals surface area (Å²) in [7, 11) is -4.57. The Morgan fingerprint density at radius 2 is 1.15 bits per heavy atom. The highest BCUT2D eigenvalue weighted by atomic mass is 31.2. The Labute approximate surface area is 193 Å². The predicted molar refractivity (Wildman–Crippen MR) is 123 cm³/mol. The molecule has 0 atom stereocenters. The molecule has 0 saturated heterocycles. The smallest absolute Gasteiger partial charge is 0.462 e. The largest absolute Gasteiger partial charge is 0.584 e. The molecule has 0 spiro atoms. The molecule has 0 saturated carbocycles. The predicted octanol–water partition coefficient (Wildman–Crippen LogP) is 4.57. The van der Waals surface area contributed by atoms with Crippen LogP contribution in [0.4, 0.5) is 0 Å². The summed E-state index contributed by atoms with van der Waals surface area (Å²) in [5.41, 5.74) is 1.68. The van der Waals surface area contributed by atoms with Crippen LogP contribution in [0.2, 0.25) is 0 Å². The van der Waals surface area contributed by atoms with Crippen molar-refractivity contribution in [2.75, 3.05) is 13.2 Å². The second-order valence-electron chi connectivity index (χ2n) is 7.20. The Kier molecular flexibility index (Phi) is 9.45. The van der Waals surface area contributed by atoms with Gasteiger partial charge in [-0.3, -0.25) is 4.89 Å². The van der Waals surface area contributed by atoms with Crippen molar-refractivity contribution in [2.24, 2.45) is 0 Å². The van der Waals surface area contributed by atoms with Crippen LogP contribution in [0.3, 0.4) is 0 Å². The summed E-state index contributed by atoms with van der Waals surface area (Å²) in [5, 5.41) is 0. The van der Waals surface area contributed by atoms with Crippen molar-refractivity contribution in [1.82, 2.24) is 0 Å². The number of hydrogen-bond acceptors (Lipinski definition) is 7. The number of para-hydroxylation sites is 2. The molecule has 8 nitrogen and oxygen atoms in total. The van der Waals surface area contributed by atoms with Crippen LogP contribution in [0.1, 0.15) is 25.0 Å². The van der Waals surface area contributed by atoms with Crippen molar-refractivity contribution < 1.29 is 37.6 Å². The number of benzene rings is 2. The van der Waals surface area contributed by atoms with E-state index in [2.05, 4.69) is 13.2 Å². The zero-order chi connectivity index (χ0) is 24.4. The van der Waals surface area contributed by atoms with E-state index in [1.807, 2.05) is 0 Å². The molecule has 2 aromatic carbocycles. The van der Waals surface area contributed by atoms with Crippen LogP contribution in [0.5, 0.6) is 11.5 Å². The SMILES string of the molecule is C=C(C)C(=O)OCCc1ccccc1OP(=O)(O)Oc1ccccc1CCOC(=O)C(=C)C. The summed E-state index contributed by atoms with van der Waals surface area (Å²) in [5.74, 6) is -0.782. The third-order valence-electron chi connectivity index (χ3n) is 4.28. The monoisotopic (exact) mass is 474 g/mol. The standard InChI is InChI=1S/C24H27O8P/c1-17(2)23(25)29-15-13-19-9-5-7-11-21(19)31-33(27,28)32-22-12-8-6-10-20(22)14-16-30-24(26)18(3)4/h5-12H,1,3,13-16H2,2,4H3,(H,27,28). The third kappa shape index (κ3) is 8.60. The number of phosphoric ester groups is 1. The summed E-state index contributed by atoms with van der Waals surface area (Å²) in [6.45, 7) is 10.2. The lowest BCUT2D eigenvalue weighted by Gasteiger charge is -2.18. The van der Waals surface area contributed by atoms with Crippen molar-refractivity contribution in [3.8, 4) is 11.5 Å². The van der Waals surface area contributed by atoms with Crippen LogP contribution in [0.25, 0.3) is 0 Å². The van der Waals surface area contributed by atoms with Gasteiger partial charge in [0.05, 0.1) is 13.2 Å². The minimum Gasteiger partial charge on any atom is -0.462 e. The van der Waals surface area contributed by atoms with Crippen molar-refractivity contribution in [1.29, 1.82) is 0 Å². The fourth-order valence-electron chi connectivity index (χ4n) is 2.62. The number of carbonyl (C=O) groups is 2. The molecule has 0 unspecified atom stereocenters. The van der Waals surface area contributed by atoms with Gasteiger partial charge >= 0.3 is 19.8 Å². The molecular weight excluding hydrogens is 447 g/mol. The lowest BCUT2D eigenvalue weighted by atomic mass is 10.1. The Hall–Kier alpha value is -3.35. The van der Waals surface area contributed by atoms with Crippen molar-refractivity contribution in [3.05, 3.63) is 84.0 Å². The molecule has 1 N–H and O–H groups in total. The van der Waals surface area contributed by atoms with Crippen LogP contribution >= 0.6 is 7.82 Å². The molecule has 0 amide bonds. The van der Waals surface area contributed by atoms with Gasteiger partial charge in [-0.15, -0.1) is 0 Å². The van der Waals surface area contributed by atoms with Crippen LogP contribution in [0, 0.1) is 0 Å². The third-order valence-corrected chi connectivity index (χ3v) is 5.13. The van der Waals surface area contributed by atoms with E-state index < -0.39 is 19.8 Å². The topological polar surface area (TPSA) is 108 Å². The van der Waals surface area contributed by atoms with Gasteiger partial charge in [0.25, 0.3) is 0 Å². The average Bonchev–Trinajstić information content (AvgIpc) is 2.75. The van der Waals surface area contributed by atoms with Gasteiger partial charge in [0.2, 0.25) is 0 Å². The van der Waals surface area contributed by atoms with Crippen LogP contribution in [0.15, 0.2) is 72.8 Å². The lowest BCUT2D eigenvalue weighted by molar-refractivity contribution is -0.139. The van der Waals surface area contributed by atoms with Gasteiger partial charge in [0.1, 0.15) is 11.5 Å². The summed E-state index contributed by atoms with van der Waals surface area (Å²) in [6.07, 6.45) is 0.528. The van der Waals surface area contributed by atoms with E-state index in [4.69, 9.17) is 18.5 Å². The number of carbonyl (C=O) groups excluding carboxylic acids is 2. The number of ether oxygens (including phenoxy) is 2. The quantitative estimate of drug-likeness (QED) is 0.271. The molecule has 0 heterocycles. The summed E-state index contributed by atoms with van der Waals surface area (Å²) in [4.78, 5) is 33.4. The molecule has 176 valence electrons. The maximum Gasteiger partial charge on any atom is 0.584 e. The van der Waals surface area contributed by atoms with Gasteiger partial charge in [-0.2, -0.15) is 0 Å². The van der Waals surface area contributed by atoms with Crippen molar-refractivity contribution in [3.63, 3.8) is 0 Å². The Morgan fingerprint density at radius 3 is 1.52 bits per heavy atom. The molecule has 0 bridgehead atoms. The lowest BCUT2D eigenvalue weighted by Crippen LogP contribution is -2.10. The molecular formula is C24H27O8P. The van der Waals surface area contributed by atoms with E-state index in [-0.39, 0.29) is 48.7 Å². The zero-order valence-corrected chi connectivity index (χ0v) is 19.5.